The number of hydrogen-bond acceptors (Lipinski definition) is 2. The molecule has 0 unspecified atom stereocenters. The molecule has 1 aliphatic rings. The summed E-state index contributed by atoms with van der Waals surface area (Å²) in [6, 6.07) is 4.65. The van der Waals surface area contributed by atoms with Gasteiger partial charge in [-0.2, -0.15) is 0 Å². The van der Waals surface area contributed by atoms with E-state index in [0.29, 0.717) is 19.5 Å². The smallest absolute Gasteiger partial charge is 0.226 e. The van der Waals surface area contributed by atoms with Gasteiger partial charge < -0.3 is 10.6 Å². The maximum Gasteiger partial charge on any atom is 0.226 e. The number of carbonyl (C=O) groups is 1. The molecule has 3 nitrogen and oxygen atoms in total. The minimum absolute atomic E-state index is 0.0720. The summed E-state index contributed by atoms with van der Waals surface area (Å²) in [4.78, 5) is 13.6. The first-order valence-electron chi connectivity index (χ1n) is 6.01. The van der Waals surface area contributed by atoms with Gasteiger partial charge in [-0.05, 0) is 43.5 Å². The summed E-state index contributed by atoms with van der Waals surface area (Å²) in [5.41, 5.74) is 7.18. The molecule has 0 radical (unpaired) electrons. The first kappa shape index (κ1) is 12.0. The van der Waals surface area contributed by atoms with Crippen LogP contribution in [0.1, 0.15) is 24.8 Å². The number of amides is 1. The topological polar surface area (TPSA) is 46.3 Å². The Kier molecular flexibility index (Phi) is 3.74. The number of benzene rings is 1. The lowest BCUT2D eigenvalue weighted by Crippen LogP contribution is -2.28. The predicted octanol–water partition coefficient (Wildman–Crippen LogP) is 1.84. The molecule has 4 heteroatoms. The second kappa shape index (κ2) is 5.27. The van der Waals surface area contributed by atoms with E-state index in [9.17, 15) is 9.18 Å². The standard InChI is InChI=1S/C13H17FN2O/c14-11-5-4-10-6-8-16(12(10)9-11)13(17)3-1-2-7-15/h4-5,9H,1-3,6-8,15H2. The van der Waals surface area contributed by atoms with Crippen molar-refractivity contribution in [1.29, 1.82) is 0 Å². The van der Waals surface area contributed by atoms with Gasteiger partial charge in [0.2, 0.25) is 5.91 Å². The minimum Gasteiger partial charge on any atom is -0.330 e. The fourth-order valence-corrected chi connectivity index (χ4v) is 2.17. The van der Waals surface area contributed by atoms with Crippen LogP contribution in [0.25, 0.3) is 0 Å². The van der Waals surface area contributed by atoms with Gasteiger partial charge in [-0.15, -0.1) is 0 Å². The van der Waals surface area contributed by atoms with Crippen LogP contribution in [0, 0.1) is 5.82 Å². The largest absolute Gasteiger partial charge is 0.330 e. The van der Waals surface area contributed by atoms with Crippen LogP contribution in [0.15, 0.2) is 18.2 Å². The van der Waals surface area contributed by atoms with Crippen molar-refractivity contribution in [3.05, 3.63) is 29.6 Å². The Hall–Kier alpha value is -1.42. The van der Waals surface area contributed by atoms with Crippen molar-refractivity contribution in [1.82, 2.24) is 0 Å². The van der Waals surface area contributed by atoms with Crippen LogP contribution >= 0.6 is 0 Å². The summed E-state index contributed by atoms with van der Waals surface area (Å²) in [7, 11) is 0. The van der Waals surface area contributed by atoms with E-state index in [-0.39, 0.29) is 11.7 Å². The summed E-state index contributed by atoms with van der Waals surface area (Å²) in [5, 5.41) is 0. The van der Waals surface area contributed by atoms with Crippen molar-refractivity contribution >= 4 is 11.6 Å². The van der Waals surface area contributed by atoms with Crippen LogP contribution in [0.5, 0.6) is 0 Å². The summed E-state index contributed by atoms with van der Waals surface area (Å²) >= 11 is 0. The van der Waals surface area contributed by atoms with E-state index < -0.39 is 0 Å². The van der Waals surface area contributed by atoms with E-state index in [2.05, 4.69) is 0 Å². The number of hydrogen-bond donors (Lipinski definition) is 1. The van der Waals surface area contributed by atoms with E-state index in [1.54, 1.807) is 11.0 Å². The zero-order valence-electron chi connectivity index (χ0n) is 9.79. The lowest BCUT2D eigenvalue weighted by molar-refractivity contribution is -0.118. The Morgan fingerprint density at radius 1 is 1.41 bits per heavy atom. The molecule has 17 heavy (non-hydrogen) atoms. The number of fused-ring (bicyclic) bond motifs is 1. The van der Waals surface area contributed by atoms with Gasteiger partial charge in [-0.3, -0.25) is 4.79 Å². The normalized spacial score (nSPS) is 13.9. The van der Waals surface area contributed by atoms with Gasteiger partial charge in [-0.1, -0.05) is 6.07 Å². The van der Waals surface area contributed by atoms with Crippen LogP contribution in [-0.4, -0.2) is 19.0 Å². The molecule has 0 fully saturated rings. The Morgan fingerprint density at radius 3 is 3.00 bits per heavy atom. The number of nitrogens with two attached hydrogens (primary N) is 1. The monoisotopic (exact) mass is 236 g/mol. The molecule has 0 aromatic heterocycles. The molecule has 0 bridgehead atoms. The highest BCUT2D eigenvalue weighted by Crippen LogP contribution is 2.29. The summed E-state index contributed by atoms with van der Waals surface area (Å²) < 4.78 is 13.2. The van der Waals surface area contributed by atoms with Crippen LogP contribution in [-0.2, 0) is 11.2 Å². The molecule has 92 valence electrons. The number of rotatable bonds is 4. The van der Waals surface area contributed by atoms with E-state index in [1.165, 1.54) is 12.1 Å². The highest BCUT2D eigenvalue weighted by molar-refractivity contribution is 5.95. The first-order valence-corrected chi connectivity index (χ1v) is 6.01. The Labute approximate surface area is 100 Å². The highest BCUT2D eigenvalue weighted by atomic mass is 19.1. The molecule has 0 saturated carbocycles. The lowest BCUT2D eigenvalue weighted by Gasteiger charge is -2.17. The van der Waals surface area contributed by atoms with Gasteiger partial charge in [0.25, 0.3) is 0 Å². The molecule has 2 rings (SSSR count). The zero-order valence-corrected chi connectivity index (χ0v) is 9.79. The third-order valence-corrected chi connectivity index (χ3v) is 3.09. The van der Waals surface area contributed by atoms with Gasteiger partial charge in [0.1, 0.15) is 5.82 Å². The second-order valence-electron chi connectivity index (χ2n) is 4.31. The molecule has 0 atom stereocenters. The second-order valence-corrected chi connectivity index (χ2v) is 4.31. The third kappa shape index (κ3) is 2.64. The molecular formula is C13H17FN2O. The SMILES string of the molecule is NCCCCC(=O)N1CCc2ccc(F)cc21. The lowest BCUT2D eigenvalue weighted by atomic mass is 10.1. The third-order valence-electron chi connectivity index (χ3n) is 3.09. The fraction of sp³-hybridized carbons (Fsp3) is 0.462. The fourth-order valence-electron chi connectivity index (χ4n) is 2.17. The number of unbranched alkanes of at least 4 members (excludes halogenated alkanes) is 1. The number of carbonyl (C=O) groups excluding carboxylic acids is 1. The van der Waals surface area contributed by atoms with E-state index in [0.717, 1.165) is 30.5 Å². The van der Waals surface area contributed by atoms with Crippen molar-refractivity contribution in [2.45, 2.75) is 25.7 Å². The Bertz CT molecular complexity index is 420. The average Bonchev–Trinajstić information content (AvgIpc) is 2.72. The zero-order chi connectivity index (χ0) is 12.3. The molecule has 1 aromatic carbocycles. The molecular weight excluding hydrogens is 219 g/mol. The molecule has 1 aromatic rings. The first-order chi connectivity index (χ1) is 8.22. The van der Waals surface area contributed by atoms with Crippen molar-refractivity contribution in [2.75, 3.05) is 18.0 Å². The average molecular weight is 236 g/mol. The molecule has 1 amide bonds. The molecule has 2 N–H and O–H groups in total. The minimum atomic E-state index is -0.287. The van der Waals surface area contributed by atoms with Crippen LogP contribution in [0.2, 0.25) is 0 Å². The van der Waals surface area contributed by atoms with Crippen LogP contribution in [0.3, 0.4) is 0 Å². The maximum absolute atomic E-state index is 13.2. The Morgan fingerprint density at radius 2 is 2.24 bits per heavy atom. The number of nitrogens with zero attached hydrogens (tertiary/aromatic N) is 1. The molecule has 1 heterocycles. The van der Waals surface area contributed by atoms with Gasteiger partial charge >= 0.3 is 0 Å². The van der Waals surface area contributed by atoms with Gasteiger partial charge in [0.15, 0.2) is 0 Å². The van der Waals surface area contributed by atoms with Gasteiger partial charge in [0, 0.05) is 18.7 Å². The van der Waals surface area contributed by atoms with Crippen molar-refractivity contribution in [3.8, 4) is 0 Å². The number of halogens is 1. The molecule has 0 spiro atoms. The van der Waals surface area contributed by atoms with Crippen LogP contribution in [0.4, 0.5) is 10.1 Å². The highest BCUT2D eigenvalue weighted by Gasteiger charge is 2.24. The van der Waals surface area contributed by atoms with E-state index >= 15 is 0 Å². The van der Waals surface area contributed by atoms with Gasteiger partial charge in [0.05, 0.1) is 0 Å². The van der Waals surface area contributed by atoms with E-state index in [1.807, 2.05) is 0 Å². The van der Waals surface area contributed by atoms with Crippen LogP contribution < -0.4 is 10.6 Å². The quantitative estimate of drug-likeness (QED) is 0.811. The molecule has 1 aliphatic heterocycles. The van der Waals surface area contributed by atoms with Crippen molar-refractivity contribution in [3.63, 3.8) is 0 Å². The summed E-state index contributed by atoms with van der Waals surface area (Å²) in [6.45, 7) is 1.28. The Balaban J connectivity index is 2.05. The van der Waals surface area contributed by atoms with E-state index in [4.69, 9.17) is 5.73 Å². The summed E-state index contributed by atoms with van der Waals surface area (Å²) in [5.74, 6) is -0.215. The van der Waals surface area contributed by atoms with Crippen molar-refractivity contribution < 1.29 is 9.18 Å². The maximum atomic E-state index is 13.2. The number of anilines is 1. The van der Waals surface area contributed by atoms with Crippen molar-refractivity contribution in [2.24, 2.45) is 5.73 Å². The predicted molar refractivity (Wildman–Crippen MR) is 65.4 cm³/mol. The molecule has 0 aliphatic carbocycles. The summed E-state index contributed by atoms with van der Waals surface area (Å²) in [6.07, 6.45) is 2.97. The van der Waals surface area contributed by atoms with Gasteiger partial charge in [-0.25, -0.2) is 4.39 Å². The molecule has 0 saturated heterocycles.